The van der Waals surface area contributed by atoms with E-state index in [9.17, 15) is 0 Å². The molecule has 2 fully saturated rings. The zero-order valence-corrected chi connectivity index (χ0v) is 16.1. The number of halogens is 3. The van der Waals surface area contributed by atoms with Gasteiger partial charge in [-0.05, 0) is 52.4 Å². The van der Waals surface area contributed by atoms with Gasteiger partial charge in [0.15, 0.2) is 0 Å². The lowest BCUT2D eigenvalue weighted by atomic mass is 9.80. The first kappa shape index (κ1) is 20.2. The van der Waals surface area contributed by atoms with Crippen LogP contribution in [0.25, 0.3) is 0 Å². The molecule has 22 heavy (non-hydrogen) atoms. The van der Waals surface area contributed by atoms with Gasteiger partial charge < -0.3 is 5.32 Å². The van der Waals surface area contributed by atoms with E-state index in [1.807, 2.05) is 6.20 Å². The summed E-state index contributed by atoms with van der Waals surface area (Å²) in [5.74, 6) is 0.816. The topological polar surface area (TPSA) is 28.2 Å². The van der Waals surface area contributed by atoms with Crippen LogP contribution in [0, 0.1) is 5.92 Å². The SMILES string of the molecule is Brc1cc([C@H](C2CCCCC2)N2CCNCC2)ccn1.Cl.Cl. The van der Waals surface area contributed by atoms with Crippen molar-refractivity contribution in [1.29, 1.82) is 0 Å². The van der Waals surface area contributed by atoms with Gasteiger partial charge in [-0.25, -0.2) is 4.98 Å². The normalized spacial score (nSPS) is 21.5. The third-order valence-electron chi connectivity index (χ3n) is 4.73. The smallest absolute Gasteiger partial charge is 0.106 e. The summed E-state index contributed by atoms with van der Waals surface area (Å²) in [5.41, 5.74) is 1.45. The van der Waals surface area contributed by atoms with Crippen LogP contribution in [0.15, 0.2) is 22.9 Å². The lowest BCUT2D eigenvalue weighted by molar-refractivity contribution is 0.103. The Balaban J connectivity index is 0.00000121. The Kier molecular flexibility index (Phi) is 9.25. The van der Waals surface area contributed by atoms with Crippen LogP contribution in [0.5, 0.6) is 0 Å². The number of hydrogen-bond donors (Lipinski definition) is 1. The van der Waals surface area contributed by atoms with Crippen LogP contribution in [0.4, 0.5) is 0 Å². The largest absolute Gasteiger partial charge is 0.314 e. The maximum Gasteiger partial charge on any atom is 0.106 e. The first-order chi connectivity index (χ1) is 9.84. The van der Waals surface area contributed by atoms with E-state index in [1.54, 1.807) is 0 Å². The van der Waals surface area contributed by atoms with Gasteiger partial charge in [-0.15, -0.1) is 24.8 Å². The first-order valence-corrected chi connectivity index (χ1v) is 8.70. The number of aromatic nitrogens is 1. The molecular formula is C16H26BrCl2N3. The van der Waals surface area contributed by atoms with E-state index < -0.39 is 0 Å². The molecular weight excluding hydrogens is 385 g/mol. The summed E-state index contributed by atoms with van der Waals surface area (Å²) in [5, 5.41) is 3.47. The number of rotatable bonds is 3. The Labute approximate surface area is 154 Å². The average molecular weight is 411 g/mol. The molecule has 2 aliphatic rings. The molecule has 0 bridgehead atoms. The van der Waals surface area contributed by atoms with Gasteiger partial charge in [0.25, 0.3) is 0 Å². The van der Waals surface area contributed by atoms with Gasteiger partial charge in [0, 0.05) is 38.4 Å². The van der Waals surface area contributed by atoms with Crippen LogP contribution in [0.3, 0.4) is 0 Å². The fourth-order valence-corrected chi connectivity index (χ4v) is 4.18. The first-order valence-electron chi connectivity index (χ1n) is 7.91. The summed E-state index contributed by atoms with van der Waals surface area (Å²) in [6.45, 7) is 4.58. The molecule has 0 radical (unpaired) electrons. The quantitative estimate of drug-likeness (QED) is 0.756. The van der Waals surface area contributed by atoms with Crippen molar-refractivity contribution in [2.75, 3.05) is 26.2 Å². The minimum absolute atomic E-state index is 0. The van der Waals surface area contributed by atoms with Crippen molar-refractivity contribution >= 4 is 40.7 Å². The number of hydrogen-bond acceptors (Lipinski definition) is 3. The molecule has 0 unspecified atom stereocenters. The van der Waals surface area contributed by atoms with E-state index in [0.717, 1.165) is 23.6 Å². The van der Waals surface area contributed by atoms with Crippen molar-refractivity contribution in [2.45, 2.75) is 38.1 Å². The molecule has 1 saturated heterocycles. The number of nitrogens with zero attached hydrogens (tertiary/aromatic N) is 2. The summed E-state index contributed by atoms with van der Waals surface area (Å²) in [4.78, 5) is 6.99. The number of pyridine rings is 1. The molecule has 1 N–H and O–H groups in total. The van der Waals surface area contributed by atoms with Crippen LogP contribution >= 0.6 is 40.7 Å². The molecule has 6 heteroatoms. The second-order valence-corrected chi connectivity index (χ2v) is 6.85. The Bertz CT molecular complexity index is 417. The van der Waals surface area contributed by atoms with E-state index >= 15 is 0 Å². The summed E-state index contributed by atoms with van der Waals surface area (Å²) < 4.78 is 0.964. The van der Waals surface area contributed by atoms with Gasteiger partial charge in [-0.3, -0.25) is 4.90 Å². The van der Waals surface area contributed by atoms with Crippen molar-refractivity contribution in [3.8, 4) is 0 Å². The van der Waals surface area contributed by atoms with E-state index in [1.165, 1.54) is 50.8 Å². The number of nitrogens with one attached hydrogen (secondary N) is 1. The van der Waals surface area contributed by atoms with Crippen molar-refractivity contribution in [3.63, 3.8) is 0 Å². The summed E-state index contributed by atoms with van der Waals surface area (Å²) in [6, 6.07) is 5.02. The Morgan fingerprint density at radius 1 is 1.14 bits per heavy atom. The predicted molar refractivity (Wildman–Crippen MR) is 100 cm³/mol. The van der Waals surface area contributed by atoms with E-state index in [2.05, 4.69) is 43.3 Å². The molecule has 3 rings (SSSR count). The molecule has 0 amide bonds. The summed E-state index contributed by atoms with van der Waals surface area (Å²) >= 11 is 3.54. The highest BCUT2D eigenvalue weighted by Crippen LogP contribution is 2.38. The van der Waals surface area contributed by atoms with Crippen LogP contribution < -0.4 is 5.32 Å². The third-order valence-corrected chi connectivity index (χ3v) is 5.17. The van der Waals surface area contributed by atoms with Crippen molar-refractivity contribution in [2.24, 2.45) is 5.92 Å². The highest BCUT2D eigenvalue weighted by Gasteiger charge is 2.30. The molecule has 1 aromatic rings. The predicted octanol–water partition coefficient (Wildman–Crippen LogP) is 4.21. The van der Waals surface area contributed by atoms with E-state index in [4.69, 9.17) is 0 Å². The van der Waals surface area contributed by atoms with Gasteiger partial charge in [0.05, 0.1) is 0 Å². The second kappa shape index (κ2) is 10.1. The molecule has 0 aromatic carbocycles. The molecule has 0 spiro atoms. The van der Waals surface area contributed by atoms with Crippen molar-refractivity contribution in [3.05, 3.63) is 28.5 Å². The fraction of sp³-hybridized carbons (Fsp3) is 0.688. The Morgan fingerprint density at radius 3 is 2.45 bits per heavy atom. The average Bonchev–Trinajstić information content (AvgIpc) is 2.50. The molecule has 1 aliphatic heterocycles. The van der Waals surface area contributed by atoms with E-state index in [-0.39, 0.29) is 24.8 Å². The third kappa shape index (κ3) is 5.07. The van der Waals surface area contributed by atoms with Gasteiger partial charge in [0.1, 0.15) is 4.60 Å². The molecule has 1 saturated carbocycles. The van der Waals surface area contributed by atoms with Gasteiger partial charge in [-0.2, -0.15) is 0 Å². The van der Waals surface area contributed by atoms with Gasteiger partial charge in [-0.1, -0.05) is 19.3 Å². The van der Waals surface area contributed by atoms with Crippen LogP contribution in [0.2, 0.25) is 0 Å². The fourth-order valence-electron chi connectivity index (χ4n) is 3.79. The second-order valence-electron chi connectivity index (χ2n) is 6.04. The maximum absolute atomic E-state index is 4.30. The minimum Gasteiger partial charge on any atom is -0.314 e. The molecule has 126 valence electrons. The van der Waals surface area contributed by atoms with Crippen LogP contribution in [-0.2, 0) is 0 Å². The zero-order valence-electron chi connectivity index (χ0n) is 12.8. The lowest BCUT2D eigenvalue weighted by Gasteiger charge is -2.41. The molecule has 3 nitrogen and oxygen atoms in total. The monoisotopic (exact) mass is 409 g/mol. The van der Waals surface area contributed by atoms with Crippen LogP contribution in [0.1, 0.15) is 43.7 Å². The number of piperazine rings is 1. The van der Waals surface area contributed by atoms with E-state index in [0.29, 0.717) is 6.04 Å². The maximum atomic E-state index is 4.30. The highest BCUT2D eigenvalue weighted by atomic mass is 79.9. The summed E-state index contributed by atoms with van der Waals surface area (Å²) in [6.07, 6.45) is 8.93. The lowest BCUT2D eigenvalue weighted by Crippen LogP contribution is -2.47. The molecule has 1 atom stereocenters. The molecule has 2 heterocycles. The zero-order chi connectivity index (χ0) is 13.8. The van der Waals surface area contributed by atoms with Crippen molar-refractivity contribution < 1.29 is 0 Å². The minimum atomic E-state index is 0. The molecule has 1 aliphatic carbocycles. The van der Waals surface area contributed by atoms with Crippen molar-refractivity contribution in [1.82, 2.24) is 15.2 Å². The van der Waals surface area contributed by atoms with Gasteiger partial charge in [0.2, 0.25) is 0 Å². The standard InChI is InChI=1S/C16H24BrN3.2ClH/c17-15-12-14(6-7-19-15)16(13-4-2-1-3-5-13)20-10-8-18-9-11-20;;/h6-7,12-13,16,18H,1-5,8-11H2;2*1H/t16-;;/m0../s1. The van der Waals surface area contributed by atoms with Crippen LogP contribution in [-0.4, -0.2) is 36.1 Å². The Morgan fingerprint density at radius 2 is 1.82 bits per heavy atom. The molecule has 1 aromatic heterocycles. The van der Waals surface area contributed by atoms with Gasteiger partial charge >= 0.3 is 0 Å². The highest BCUT2D eigenvalue weighted by molar-refractivity contribution is 9.10. The Hall–Kier alpha value is 0.130. The summed E-state index contributed by atoms with van der Waals surface area (Å²) in [7, 11) is 0.